The molecule has 0 saturated heterocycles. The maximum atomic E-state index is 12.1. The fourth-order valence-electron chi connectivity index (χ4n) is 1.59. The summed E-state index contributed by atoms with van der Waals surface area (Å²) < 4.78 is 25.1. The van der Waals surface area contributed by atoms with Crippen LogP contribution in [0.3, 0.4) is 0 Å². The van der Waals surface area contributed by atoms with Gasteiger partial charge in [-0.3, -0.25) is 0 Å². The molecular formula is C14H15BrN2O2S2. The Morgan fingerprint density at radius 3 is 2.48 bits per heavy atom. The molecule has 0 aliphatic heterocycles. The van der Waals surface area contributed by atoms with Crippen molar-refractivity contribution in [2.45, 2.75) is 18.2 Å². The van der Waals surface area contributed by atoms with Crippen LogP contribution in [0.25, 0.3) is 5.70 Å². The third-order valence-corrected chi connectivity index (χ3v) is 5.85. The molecule has 0 unspecified atom stereocenters. The van der Waals surface area contributed by atoms with Crippen LogP contribution in [0.4, 0.5) is 0 Å². The van der Waals surface area contributed by atoms with Gasteiger partial charge in [0.2, 0.25) is 0 Å². The zero-order valence-electron chi connectivity index (χ0n) is 11.4. The Morgan fingerprint density at radius 1 is 1.24 bits per heavy atom. The van der Waals surface area contributed by atoms with Crippen LogP contribution in [0.5, 0.6) is 0 Å². The van der Waals surface area contributed by atoms with E-state index in [2.05, 4.69) is 39.7 Å². The predicted molar refractivity (Wildman–Crippen MR) is 90.3 cm³/mol. The van der Waals surface area contributed by atoms with E-state index in [1.165, 1.54) is 17.0 Å². The number of hydrogen-bond donors (Lipinski definition) is 2. The molecular weight excluding hydrogens is 372 g/mol. The molecule has 0 fully saturated rings. The van der Waals surface area contributed by atoms with Crippen LogP contribution in [-0.2, 0) is 16.4 Å². The number of hydrazine groups is 1. The molecule has 4 nitrogen and oxygen atoms in total. The number of rotatable bonds is 6. The number of nitrogens with one attached hydrogen (secondary N) is 2. The highest BCUT2D eigenvalue weighted by molar-refractivity contribution is 9.10. The molecule has 0 aliphatic carbocycles. The molecule has 1 aromatic carbocycles. The molecule has 0 atom stereocenters. The number of thiophene rings is 1. The first kappa shape index (κ1) is 16.2. The van der Waals surface area contributed by atoms with E-state index in [1.807, 2.05) is 12.1 Å². The van der Waals surface area contributed by atoms with Crippen LogP contribution in [0.15, 0.2) is 52.3 Å². The largest absolute Gasteiger partial charge is 0.307 e. The van der Waals surface area contributed by atoms with E-state index in [0.717, 1.165) is 15.8 Å². The smallest absolute Gasteiger partial charge is 0.257 e. The highest BCUT2D eigenvalue weighted by Crippen LogP contribution is 2.22. The first-order valence-electron chi connectivity index (χ1n) is 6.24. The van der Waals surface area contributed by atoms with Crippen molar-refractivity contribution in [3.63, 3.8) is 0 Å². The Kier molecular flexibility index (Phi) is 5.21. The molecule has 1 aromatic heterocycles. The Morgan fingerprint density at radius 2 is 1.90 bits per heavy atom. The summed E-state index contributed by atoms with van der Waals surface area (Å²) in [6.45, 7) is 5.92. The first-order valence-corrected chi connectivity index (χ1v) is 9.33. The molecule has 0 radical (unpaired) electrons. The fraction of sp³-hybridized carbons (Fsp3) is 0.143. The van der Waals surface area contributed by atoms with Crippen LogP contribution in [-0.4, -0.2) is 8.42 Å². The van der Waals surface area contributed by atoms with E-state index in [-0.39, 0.29) is 4.90 Å². The maximum absolute atomic E-state index is 12.1. The molecule has 0 amide bonds. The number of aryl methyl sites for hydroxylation is 1. The van der Waals surface area contributed by atoms with Crippen molar-refractivity contribution < 1.29 is 8.42 Å². The molecule has 0 aliphatic rings. The monoisotopic (exact) mass is 386 g/mol. The molecule has 2 N–H and O–H groups in total. The summed E-state index contributed by atoms with van der Waals surface area (Å²) in [7, 11) is -3.62. The number of benzene rings is 1. The van der Waals surface area contributed by atoms with E-state index in [0.29, 0.717) is 5.70 Å². The molecule has 0 spiro atoms. The van der Waals surface area contributed by atoms with Gasteiger partial charge in [0, 0.05) is 9.35 Å². The molecule has 1 heterocycles. The van der Waals surface area contributed by atoms with E-state index in [9.17, 15) is 8.42 Å². The van der Waals surface area contributed by atoms with Crippen molar-refractivity contribution in [1.82, 2.24) is 10.3 Å². The summed E-state index contributed by atoms with van der Waals surface area (Å²) in [6, 6.07) is 10.3. The summed E-state index contributed by atoms with van der Waals surface area (Å²) in [5.74, 6) is 0. The zero-order chi connectivity index (χ0) is 15.5. The average Bonchev–Trinajstić information content (AvgIpc) is 2.94. The maximum Gasteiger partial charge on any atom is 0.257 e. The number of sulfonamides is 1. The molecule has 112 valence electrons. The zero-order valence-corrected chi connectivity index (χ0v) is 14.6. The summed E-state index contributed by atoms with van der Waals surface area (Å²) in [4.78, 5) is 4.65. The fourth-order valence-corrected chi connectivity index (χ4v) is 3.60. The second-order valence-corrected chi connectivity index (χ2v) is 8.05. The summed E-state index contributed by atoms with van der Waals surface area (Å²) in [5, 5.41) is 0. The van der Waals surface area contributed by atoms with Gasteiger partial charge in [0.05, 0.1) is 15.5 Å². The minimum absolute atomic E-state index is 0.187. The first-order chi connectivity index (χ1) is 9.92. The van der Waals surface area contributed by atoms with Gasteiger partial charge in [-0.05, 0) is 42.8 Å². The second kappa shape index (κ2) is 6.74. The van der Waals surface area contributed by atoms with Gasteiger partial charge in [-0.15, -0.1) is 16.2 Å². The lowest BCUT2D eigenvalue weighted by Gasteiger charge is -2.10. The van der Waals surface area contributed by atoms with Gasteiger partial charge in [-0.2, -0.15) is 0 Å². The Balaban J connectivity index is 2.04. The normalized spacial score (nSPS) is 11.3. The van der Waals surface area contributed by atoms with Crippen LogP contribution in [0.1, 0.15) is 16.7 Å². The SMILES string of the molecule is C=C(NNS(=O)(=O)c1ccc(Br)cc1)c1ccc(CC)s1. The van der Waals surface area contributed by atoms with Crippen LogP contribution in [0, 0.1) is 0 Å². The lowest BCUT2D eigenvalue weighted by molar-refractivity contribution is 0.576. The van der Waals surface area contributed by atoms with E-state index < -0.39 is 10.0 Å². The summed E-state index contributed by atoms with van der Waals surface area (Å²) in [5.41, 5.74) is 3.18. The van der Waals surface area contributed by atoms with Crippen LogP contribution < -0.4 is 10.3 Å². The highest BCUT2D eigenvalue weighted by Gasteiger charge is 2.14. The van der Waals surface area contributed by atoms with Gasteiger partial charge in [-0.25, -0.2) is 8.42 Å². The molecule has 0 bridgehead atoms. The summed E-state index contributed by atoms with van der Waals surface area (Å²) >= 11 is 4.86. The predicted octanol–water partition coefficient (Wildman–Crippen LogP) is 3.53. The lowest BCUT2D eigenvalue weighted by atomic mass is 10.3. The minimum atomic E-state index is -3.62. The summed E-state index contributed by atoms with van der Waals surface area (Å²) in [6.07, 6.45) is 0.947. The van der Waals surface area contributed by atoms with E-state index in [1.54, 1.807) is 23.5 Å². The van der Waals surface area contributed by atoms with Gasteiger partial charge in [-0.1, -0.05) is 29.4 Å². The van der Waals surface area contributed by atoms with Crippen molar-refractivity contribution in [2.75, 3.05) is 0 Å². The molecule has 21 heavy (non-hydrogen) atoms. The number of hydrogen-bond acceptors (Lipinski definition) is 4. The van der Waals surface area contributed by atoms with Gasteiger partial charge in [0.15, 0.2) is 0 Å². The number of halogens is 1. The second-order valence-electron chi connectivity index (χ2n) is 4.28. The Labute approximate surface area is 137 Å². The van der Waals surface area contributed by atoms with Crippen LogP contribution in [0.2, 0.25) is 0 Å². The molecule has 7 heteroatoms. The average molecular weight is 387 g/mol. The third kappa shape index (κ3) is 4.16. The topological polar surface area (TPSA) is 58.2 Å². The van der Waals surface area contributed by atoms with Crippen molar-refractivity contribution in [3.8, 4) is 0 Å². The Hall–Kier alpha value is -1.15. The van der Waals surface area contributed by atoms with Crippen molar-refractivity contribution in [1.29, 1.82) is 0 Å². The molecule has 0 saturated carbocycles. The van der Waals surface area contributed by atoms with Gasteiger partial charge in [0.25, 0.3) is 10.0 Å². The van der Waals surface area contributed by atoms with E-state index in [4.69, 9.17) is 0 Å². The molecule has 2 aromatic rings. The van der Waals surface area contributed by atoms with E-state index >= 15 is 0 Å². The third-order valence-electron chi connectivity index (χ3n) is 2.77. The van der Waals surface area contributed by atoms with Crippen molar-refractivity contribution in [3.05, 3.63) is 57.2 Å². The van der Waals surface area contributed by atoms with Crippen molar-refractivity contribution >= 4 is 43.0 Å². The standard InChI is InChI=1S/C14H15BrN2O2S2/c1-3-12-6-9-14(20-12)10(2)16-17-21(18,19)13-7-4-11(15)5-8-13/h4-9,16-17H,2-3H2,1H3. The molecule has 2 rings (SSSR count). The minimum Gasteiger partial charge on any atom is -0.307 e. The Bertz CT molecular complexity index is 737. The quantitative estimate of drug-likeness (QED) is 0.746. The van der Waals surface area contributed by atoms with Gasteiger partial charge in [0.1, 0.15) is 0 Å². The highest BCUT2D eigenvalue weighted by atomic mass is 79.9. The van der Waals surface area contributed by atoms with Gasteiger partial charge >= 0.3 is 0 Å². The van der Waals surface area contributed by atoms with Crippen LogP contribution >= 0.6 is 27.3 Å². The van der Waals surface area contributed by atoms with Crippen molar-refractivity contribution in [2.24, 2.45) is 0 Å². The van der Waals surface area contributed by atoms with Gasteiger partial charge < -0.3 is 5.43 Å². The lowest BCUT2D eigenvalue weighted by Crippen LogP contribution is -2.35.